The third-order valence-electron chi connectivity index (χ3n) is 4.34. The highest BCUT2D eigenvalue weighted by Gasteiger charge is 2.22. The van der Waals surface area contributed by atoms with Crippen LogP contribution in [0.15, 0.2) is 42.0 Å². The number of allylic oxidation sites excluding steroid dienone is 1. The predicted octanol–water partition coefficient (Wildman–Crippen LogP) is 4.32. The Morgan fingerprint density at radius 2 is 1.84 bits per heavy atom. The summed E-state index contributed by atoms with van der Waals surface area (Å²) in [5, 5.41) is 0. The quantitative estimate of drug-likeness (QED) is 0.762. The Morgan fingerprint density at radius 1 is 1.00 bits per heavy atom. The van der Waals surface area contributed by atoms with Crippen LogP contribution in [0.25, 0.3) is 6.08 Å². The number of aryl methyl sites for hydroxylation is 1. The maximum atomic E-state index is 12.8. The second-order valence-corrected chi connectivity index (χ2v) is 5.87. The Labute approximate surface area is 148 Å². The summed E-state index contributed by atoms with van der Waals surface area (Å²) in [6, 6.07) is 11.3. The summed E-state index contributed by atoms with van der Waals surface area (Å²) < 4.78 is 16.2. The Morgan fingerprint density at radius 3 is 2.56 bits per heavy atom. The lowest BCUT2D eigenvalue weighted by Crippen LogP contribution is -2.14. The Balaban J connectivity index is 1.91. The summed E-state index contributed by atoms with van der Waals surface area (Å²) in [6.45, 7) is 2.49. The molecule has 25 heavy (non-hydrogen) atoms. The van der Waals surface area contributed by atoms with Crippen molar-refractivity contribution in [3.05, 3.63) is 58.7 Å². The molecule has 0 fully saturated rings. The summed E-state index contributed by atoms with van der Waals surface area (Å²) >= 11 is 0. The van der Waals surface area contributed by atoms with Gasteiger partial charge in [0.15, 0.2) is 17.3 Å². The van der Waals surface area contributed by atoms with Crippen molar-refractivity contribution in [3.63, 3.8) is 0 Å². The van der Waals surface area contributed by atoms with Crippen LogP contribution in [0.4, 0.5) is 0 Å². The number of hydrogen-bond acceptors (Lipinski definition) is 4. The standard InChI is InChI=1S/C21H22O4/c1-4-25-20-12-14(5-10-19(20)24-3)11-16-7-6-15-13-17(23-2)8-9-18(15)21(16)22/h5,8-13H,4,6-7H2,1-3H3/b16-11+. The molecule has 4 heteroatoms. The zero-order valence-corrected chi connectivity index (χ0v) is 14.8. The molecule has 0 aliphatic heterocycles. The molecule has 3 rings (SSSR count). The van der Waals surface area contributed by atoms with Crippen molar-refractivity contribution >= 4 is 11.9 Å². The number of benzene rings is 2. The maximum absolute atomic E-state index is 12.8. The highest BCUT2D eigenvalue weighted by molar-refractivity contribution is 6.13. The molecule has 0 aromatic heterocycles. The van der Waals surface area contributed by atoms with Crippen molar-refractivity contribution in [3.8, 4) is 17.2 Å². The van der Waals surface area contributed by atoms with Gasteiger partial charge in [0.25, 0.3) is 0 Å². The first-order valence-corrected chi connectivity index (χ1v) is 8.39. The number of ketones is 1. The van der Waals surface area contributed by atoms with Crippen LogP contribution in [0.3, 0.4) is 0 Å². The van der Waals surface area contributed by atoms with Crippen molar-refractivity contribution in [1.29, 1.82) is 0 Å². The van der Waals surface area contributed by atoms with E-state index in [4.69, 9.17) is 14.2 Å². The van der Waals surface area contributed by atoms with Crippen molar-refractivity contribution in [2.45, 2.75) is 19.8 Å². The molecule has 0 N–H and O–H groups in total. The van der Waals surface area contributed by atoms with E-state index in [2.05, 4.69) is 0 Å². The normalized spacial score (nSPS) is 15.0. The van der Waals surface area contributed by atoms with Gasteiger partial charge < -0.3 is 14.2 Å². The van der Waals surface area contributed by atoms with Gasteiger partial charge >= 0.3 is 0 Å². The molecule has 4 nitrogen and oxygen atoms in total. The monoisotopic (exact) mass is 338 g/mol. The SMILES string of the molecule is CCOc1cc(/C=C2\CCc3cc(OC)ccc3C2=O)ccc1OC. The number of methoxy groups -OCH3 is 2. The van der Waals surface area contributed by atoms with E-state index >= 15 is 0 Å². The zero-order chi connectivity index (χ0) is 17.8. The number of hydrogen-bond donors (Lipinski definition) is 0. The highest BCUT2D eigenvalue weighted by atomic mass is 16.5. The van der Waals surface area contributed by atoms with E-state index in [0.717, 1.165) is 40.9 Å². The van der Waals surface area contributed by atoms with Crippen molar-refractivity contribution in [2.75, 3.05) is 20.8 Å². The van der Waals surface area contributed by atoms with Crippen LogP contribution < -0.4 is 14.2 Å². The van der Waals surface area contributed by atoms with Crippen molar-refractivity contribution in [2.24, 2.45) is 0 Å². The molecule has 0 radical (unpaired) electrons. The van der Waals surface area contributed by atoms with E-state index in [9.17, 15) is 4.79 Å². The average molecular weight is 338 g/mol. The first-order valence-electron chi connectivity index (χ1n) is 8.39. The van der Waals surface area contributed by atoms with Gasteiger partial charge in [0, 0.05) is 11.1 Å². The molecule has 2 aromatic rings. The Hall–Kier alpha value is -2.75. The lowest BCUT2D eigenvalue weighted by molar-refractivity contribution is 0.102. The van der Waals surface area contributed by atoms with Gasteiger partial charge in [-0.2, -0.15) is 0 Å². The average Bonchev–Trinajstić information content (AvgIpc) is 2.64. The lowest BCUT2D eigenvalue weighted by atomic mass is 9.86. The van der Waals surface area contributed by atoms with E-state index in [0.29, 0.717) is 18.1 Å². The molecule has 0 saturated heterocycles. The highest BCUT2D eigenvalue weighted by Crippen LogP contribution is 2.32. The third-order valence-corrected chi connectivity index (χ3v) is 4.34. The summed E-state index contributed by atoms with van der Waals surface area (Å²) in [4.78, 5) is 12.8. The fourth-order valence-corrected chi connectivity index (χ4v) is 3.07. The zero-order valence-electron chi connectivity index (χ0n) is 14.8. The van der Waals surface area contributed by atoms with Gasteiger partial charge in [-0.05, 0) is 67.3 Å². The van der Waals surface area contributed by atoms with Crippen molar-refractivity contribution in [1.82, 2.24) is 0 Å². The second-order valence-electron chi connectivity index (χ2n) is 5.87. The minimum Gasteiger partial charge on any atom is -0.497 e. The summed E-state index contributed by atoms with van der Waals surface area (Å²) in [6.07, 6.45) is 3.49. The fourth-order valence-electron chi connectivity index (χ4n) is 3.07. The summed E-state index contributed by atoms with van der Waals surface area (Å²) in [5.74, 6) is 2.25. The molecule has 130 valence electrons. The third kappa shape index (κ3) is 3.53. The minimum atomic E-state index is 0.0812. The largest absolute Gasteiger partial charge is 0.497 e. The van der Waals surface area contributed by atoms with E-state index < -0.39 is 0 Å². The van der Waals surface area contributed by atoms with Gasteiger partial charge in [0.2, 0.25) is 0 Å². The van der Waals surface area contributed by atoms with Crippen LogP contribution in [-0.4, -0.2) is 26.6 Å². The first-order chi connectivity index (χ1) is 12.2. The molecular weight excluding hydrogens is 316 g/mol. The molecular formula is C21H22O4. The summed E-state index contributed by atoms with van der Waals surface area (Å²) in [5.41, 5.74) is 3.55. The maximum Gasteiger partial charge on any atom is 0.189 e. The van der Waals surface area contributed by atoms with Gasteiger partial charge in [-0.25, -0.2) is 0 Å². The van der Waals surface area contributed by atoms with Gasteiger partial charge in [0.1, 0.15) is 5.75 Å². The molecule has 2 aromatic carbocycles. The van der Waals surface area contributed by atoms with E-state index in [1.54, 1.807) is 14.2 Å². The van der Waals surface area contributed by atoms with Gasteiger partial charge in [-0.3, -0.25) is 4.79 Å². The number of fused-ring (bicyclic) bond motifs is 1. The number of Topliss-reactive ketones (excluding diaryl/α,β-unsaturated/α-hetero) is 1. The Bertz CT molecular complexity index is 821. The fraction of sp³-hybridized carbons (Fsp3) is 0.286. The van der Waals surface area contributed by atoms with Crippen LogP contribution >= 0.6 is 0 Å². The molecule has 0 atom stereocenters. The predicted molar refractivity (Wildman–Crippen MR) is 97.8 cm³/mol. The number of rotatable bonds is 5. The van der Waals surface area contributed by atoms with Gasteiger partial charge in [-0.15, -0.1) is 0 Å². The van der Waals surface area contributed by atoms with E-state index in [1.165, 1.54) is 0 Å². The van der Waals surface area contributed by atoms with Crippen LogP contribution in [0, 0.1) is 0 Å². The molecule has 1 aliphatic rings. The van der Waals surface area contributed by atoms with Crippen LogP contribution in [-0.2, 0) is 6.42 Å². The number of carbonyl (C=O) groups excluding carboxylic acids is 1. The molecule has 0 unspecified atom stereocenters. The van der Waals surface area contributed by atoms with Crippen LogP contribution in [0.1, 0.15) is 34.8 Å². The first kappa shape index (κ1) is 17.1. The molecule has 0 spiro atoms. The molecule has 0 heterocycles. The molecule has 1 aliphatic carbocycles. The topological polar surface area (TPSA) is 44.8 Å². The van der Waals surface area contributed by atoms with Crippen LogP contribution in [0.2, 0.25) is 0 Å². The van der Waals surface area contributed by atoms with Gasteiger partial charge in [0.05, 0.1) is 20.8 Å². The molecule has 0 saturated carbocycles. The van der Waals surface area contributed by atoms with E-state index in [-0.39, 0.29) is 5.78 Å². The molecule has 0 amide bonds. The molecule has 0 bridgehead atoms. The van der Waals surface area contributed by atoms with E-state index in [1.807, 2.05) is 49.4 Å². The second kappa shape index (κ2) is 7.43. The van der Waals surface area contributed by atoms with Crippen LogP contribution in [0.5, 0.6) is 17.2 Å². The number of ether oxygens (including phenoxy) is 3. The minimum absolute atomic E-state index is 0.0812. The lowest BCUT2D eigenvalue weighted by Gasteiger charge is -2.18. The number of carbonyl (C=O) groups is 1. The Kier molecular flexibility index (Phi) is 5.08. The summed E-state index contributed by atoms with van der Waals surface area (Å²) in [7, 11) is 3.25. The smallest absolute Gasteiger partial charge is 0.189 e. The van der Waals surface area contributed by atoms with Gasteiger partial charge in [-0.1, -0.05) is 6.07 Å². The van der Waals surface area contributed by atoms with Crippen molar-refractivity contribution < 1.29 is 19.0 Å².